The van der Waals surface area contributed by atoms with E-state index in [-0.39, 0.29) is 5.91 Å². The van der Waals surface area contributed by atoms with E-state index in [2.05, 4.69) is 40.3 Å². The van der Waals surface area contributed by atoms with Crippen molar-refractivity contribution in [1.82, 2.24) is 15.1 Å². The molecule has 2 heterocycles. The summed E-state index contributed by atoms with van der Waals surface area (Å²) in [6, 6.07) is 11.9. The van der Waals surface area contributed by atoms with Gasteiger partial charge in [-0.05, 0) is 62.4 Å². The van der Waals surface area contributed by atoms with Gasteiger partial charge in [0.1, 0.15) is 0 Å². The van der Waals surface area contributed by atoms with Crippen molar-refractivity contribution < 1.29 is 4.79 Å². The van der Waals surface area contributed by atoms with Crippen LogP contribution in [0.4, 0.5) is 5.69 Å². The predicted octanol–water partition coefficient (Wildman–Crippen LogP) is 4.16. The molecule has 0 radical (unpaired) electrons. The van der Waals surface area contributed by atoms with Crippen molar-refractivity contribution in [1.29, 1.82) is 0 Å². The Bertz CT molecular complexity index is 687. The molecule has 0 aliphatic carbocycles. The highest BCUT2D eigenvalue weighted by atomic mass is 16.1. The number of piperidine rings is 1. The molecule has 1 saturated heterocycles. The van der Waals surface area contributed by atoms with Crippen LogP contribution >= 0.6 is 0 Å². The van der Waals surface area contributed by atoms with Crippen molar-refractivity contribution in [3.63, 3.8) is 0 Å². The molecule has 5 nitrogen and oxygen atoms in total. The molecule has 1 amide bonds. The number of nitrogens with one attached hydrogen (secondary N) is 2. The first kappa shape index (κ1) is 18.6. The zero-order chi connectivity index (χ0) is 18.4. The Balaban J connectivity index is 1.36. The summed E-state index contributed by atoms with van der Waals surface area (Å²) in [5.41, 5.74) is 3.22. The Morgan fingerprint density at radius 3 is 2.65 bits per heavy atom. The van der Waals surface area contributed by atoms with E-state index in [1.807, 2.05) is 30.3 Å². The van der Waals surface area contributed by atoms with Crippen LogP contribution in [0.25, 0.3) is 0 Å². The maximum Gasteiger partial charge on any atom is 0.224 e. The number of benzene rings is 1. The minimum atomic E-state index is 0.123. The molecule has 0 atom stereocenters. The molecule has 0 spiro atoms. The lowest BCUT2D eigenvalue weighted by atomic mass is 9.92. The maximum absolute atomic E-state index is 12.1. The predicted molar refractivity (Wildman–Crippen MR) is 105 cm³/mol. The average molecular weight is 354 g/mol. The Morgan fingerprint density at radius 1 is 1.27 bits per heavy atom. The number of amides is 1. The summed E-state index contributed by atoms with van der Waals surface area (Å²) < 4.78 is 0. The molecule has 1 aliphatic heterocycles. The zero-order valence-corrected chi connectivity index (χ0v) is 15.9. The fourth-order valence-corrected chi connectivity index (χ4v) is 3.51. The van der Waals surface area contributed by atoms with E-state index in [1.165, 1.54) is 18.5 Å². The second-order valence-corrected chi connectivity index (χ2v) is 7.65. The molecule has 5 heteroatoms. The highest BCUT2D eigenvalue weighted by Crippen LogP contribution is 2.23. The number of anilines is 1. The molecule has 2 N–H and O–H groups in total. The number of nitrogens with zero attached hydrogens (tertiary/aromatic N) is 2. The quantitative estimate of drug-likeness (QED) is 0.785. The third-order valence-corrected chi connectivity index (χ3v) is 5.18. The van der Waals surface area contributed by atoms with Gasteiger partial charge >= 0.3 is 0 Å². The summed E-state index contributed by atoms with van der Waals surface area (Å²) in [5, 5.41) is 10.5. The number of para-hydroxylation sites is 1. The van der Waals surface area contributed by atoms with Crippen molar-refractivity contribution in [3.8, 4) is 0 Å². The number of aromatic amines is 1. The number of likely N-dealkylation sites (tertiary alicyclic amines) is 1. The normalized spacial score (nSPS) is 16.1. The molecule has 0 saturated carbocycles. The van der Waals surface area contributed by atoms with Gasteiger partial charge in [0.25, 0.3) is 0 Å². The maximum atomic E-state index is 12.1. The third-order valence-electron chi connectivity index (χ3n) is 5.18. The van der Waals surface area contributed by atoms with Crippen molar-refractivity contribution in [3.05, 3.63) is 47.8 Å². The first-order valence-electron chi connectivity index (χ1n) is 9.71. The number of carbonyl (C=O) groups is 1. The SMILES string of the molecule is CC(C)c1cc(CN2CCC(CCC(=O)Nc3ccccc3)CC2)[nH]n1. The van der Waals surface area contributed by atoms with E-state index >= 15 is 0 Å². The van der Waals surface area contributed by atoms with Gasteiger partial charge in [-0.15, -0.1) is 0 Å². The molecule has 1 aromatic carbocycles. The summed E-state index contributed by atoms with van der Waals surface area (Å²) in [6.07, 6.45) is 3.93. The molecule has 2 aromatic rings. The van der Waals surface area contributed by atoms with E-state index in [0.717, 1.165) is 37.4 Å². The minimum absolute atomic E-state index is 0.123. The highest BCUT2D eigenvalue weighted by Gasteiger charge is 2.20. The van der Waals surface area contributed by atoms with Gasteiger partial charge < -0.3 is 5.32 Å². The van der Waals surface area contributed by atoms with Crippen molar-refractivity contribution in [2.75, 3.05) is 18.4 Å². The Labute approximate surface area is 156 Å². The van der Waals surface area contributed by atoms with E-state index in [0.29, 0.717) is 18.3 Å². The van der Waals surface area contributed by atoms with E-state index < -0.39 is 0 Å². The lowest BCUT2D eigenvalue weighted by Gasteiger charge is -2.31. The lowest BCUT2D eigenvalue weighted by Crippen LogP contribution is -2.33. The number of rotatable bonds is 7. The lowest BCUT2D eigenvalue weighted by molar-refractivity contribution is -0.116. The summed E-state index contributed by atoms with van der Waals surface area (Å²) in [4.78, 5) is 14.6. The molecule has 0 bridgehead atoms. The van der Waals surface area contributed by atoms with Crippen molar-refractivity contribution in [2.24, 2.45) is 5.92 Å². The Morgan fingerprint density at radius 2 is 2.00 bits per heavy atom. The van der Waals surface area contributed by atoms with Crippen LogP contribution in [-0.2, 0) is 11.3 Å². The molecule has 1 aromatic heterocycles. The van der Waals surface area contributed by atoms with Crippen LogP contribution in [0.2, 0.25) is 0 Å². The van der Waals surface area contributed by atoms with Crippen LogP contribution in [0.1, 0.15) is 56.8 Å². The Hall–Kier alpha value is -2.14. The van der Waals surface area contributed by atoms with E-state index in [4.69, 9.17) is 0 Å². The topological polar surface area (TPSA) is 61.0 Å². The van der Waals surface area contributed by atoms with Crippen LogP contribution in [-0.4, -0.2) is 34.1 Å². The Kier molecular flexibility index (Phi) is 6.45. The fourth-order valence-electron chi connectivity index (χ4n) is 3.51. The van der Waals surface area contributed by atoms with Gasteiger partial charge in [0.05, 0.1) is 5.69 Å². The van der Waals surface area contributed by atoms with E-state index in [1.54, 1.807) is 0 Å². The van der Waals surface area contributed by atoms with Gasteiger partial charge in [0, 0.05) is 24.3 Å². The van der Waals surface area contributed by atoms with Crippen LogP contribution < -0.4 is 5.32 Å². The summed E-state index contributed by atoms with van der Waals surface area (Å²) in [7, 11) is 0. The van der Waals surface area contributed by atoms with Crippen LogP contribution in [0.15, 0.2) is 36.4 Å². The van der Waals surface area contributed by atoms with Crippen LogP contribution in [0.3, 0.4) is 0 Å². The van der Waals surface area contributed by atoms with Gasteiger partial charge in [0.2, 0.25) is 5.91 Å². The number of hydrogen-bond donors (Lipinski definition) is 2. The molecule has 1 fully saturated rings. The molecular weight excluding hydrogens is 324 g/mol. The number of hydrogen-bond acceptors (Lipinski definition) is 3. The standard InChI is InChI=1S/C21H30N4O/c1-16(2)20-14-19(23-24-20)15-25-12-10-17(11-13-25)8-9-21(26)22-18-6-4-3-5-7-18/h3-7,14,16-17H,8-13,15H2,1-2H3,(H,22,26)(H,23,24). The zero-order valence-electron chi connectivity index (χ0n) is 15.9. The first-order chi connectivity index (χ1) is 12.6. The molecular formula is C21H30N4O. The molecule has 26 heavy (non-hydrogen) atoms. The molecule has 140 valence electrons. The monoisotopic (exact) mass is 354 g/mol. The smallest absolute Gasteiger partial charge is 0.224 e. The largest absolute Gasteiger partial charge is 0.326 e. The van der Waals surface area contributed by atoms with Gasteiger partial charge in [-0.1, -0.05) is 32.0 Å². The second-order valence-electron chi connectivity index (χ2n) is 7.65. The fraction of sp³-hybridized carbons (Fsp3) is 0.524. The van der Waals surface area contributed by atoms with Crippen LogP contribution in [0, 0.1) is 5.92 Å². The third kappa shape index (κ3) is 5.43. The molecule has 0 unspecified atom stereocenters. The molecule has 1 aliphatic rings. The van der Waals surface area contributed by atoms with Gasteiger partial charge in [-0.3, -0.25) is 14.8 Å². The van der Waals surface area contributed by atoms with Crippen molar-refractivity contribution >= 4 is 11.6 Å². The molecule has 3 rings (SSSR count). The van der Waals surface area contributed by atoms with Gasteiger partial charge in [-0.2, -0.15) is 5.10 Å². The van der Waals surface area contributed by atoms with Crippen molar-refractivity contribution in [2.45, 2.75) is 52.0 Å². The number of carbonyl (C=O) groups excluding carboxylic acids is 1. The van der Waals surface area contributed by atoms with Gasteiger partial charge in [-0.25, -0.2) is 0 Å². The van der Waals surface area contributed by atoms with Gasteiger partial charge in [0.15, 0.2) is 0 Å². The summed E-state index contributed by atoms with van der Waals surface area (Å²) in [6.45, 7) is 7.47. The average Bonchev–Trinajstić information content (AvgIpc) is 3.11. The first-order valence-corrected chi connectivity index (χ1v) is 9.71. The number of H-pyrrole nitrogens is 1. The highest BCUT2D eigenvalue weighted by molar-refractivity contribution is 5.90. The number of aromatic nitrogens is 2. The second kappa shape index (κ2) is 8.99. The summed E-state index contributed by atoms with van der Waals surface area (Å²) in [5.74, 6) is 1.24. The van der Waals surface area contributed by atoms with E-state index in [9.17, 15) is 4.79 Å². The minimum Gasteiger partial charge on any atom is -0.326 e. The summed E-state index contributed by atoms with van der Waals surface area (Å²) >= 11 is 0. The van der Waals surface area contributed by atoms with Crippen LogP contribution in [0.5, 0.6) is 0 Å².